The summed E-state index contributed by atoms with van der Waals surface area (Å²) < 4.78 is 11.9. The average molecular weight is 593 g/mol. The van der Waals surface area contributed by atoms with Crippen molar-refractivity contribution >= 4 is 36.6 Å². The Bertz CT molecular complexity index is 1270. The van der Waals surface area contributed by atoms with E-state index in [1.807, 2.05) is 44.2 Å². The molecule has 2 aromatic rings. The molecule has 1 aromatic carbocycles. The minimum absolute atomic E-state index is 0.0704. The van der Waals surface area contributed by atoms with E-state index in [1.54, 1.807) is 28.2 Å². The van der Waals surface area contributed by atoms with Crippen LogP contribution in [0.1, 0.15) is 55.6 Å². The van der Waals surface area contributed by atoms with E-state index in [1.165, 1.54) is 28.4 Å². The minimum Gasteiger partial charge on any atom is -0.507 e. The highest BCUT2D eigenvalue weighted by Gasteiger charge is 2.57. The van der Waals surface area contributed by atoms with E-state index in [4.69, 9.17) is 9.31 Å². The molecular formula is C30H40BN5O7. The van der Waals surface area contributed by atoms with Gasteiger partial charge in [0, 0.05) is 52.8 Å². The van der Waals surface area contributed by atoms with Gasteiger partial charge in [-0.3, -0.25) is 29.0 Å². The van der Waals surface area contributed by atoms with Crippen molar-refractivity contribution in [3.63, 3.8) is 0 Å². The summed E-state index contributed by atoms with van der Waals surface area (Å²) >= 11 is 0. The largest absolute Gasteiger partial charge is 0.531 e. The third-order valence-electron chi connectivity index (χ3n) is 7.20. The van der Waals surface area contributed by atoms with E-state index in [9.17, 15) is 24.0 Å². The molecular weight excluding hydrogens is 553 g/mol. The molecule has 1 aliphatic heterocycles. The lowest BCUT2D eigenvalue weighted by Gasteiger charge is -2.28. The fourth-order valence-corrected chi connectivity index (χ4v) is 4.84. The molecule has 1 saturated heterocycles. The van der Waals surface area contributed by atoms with Crippen LogP contribution in [0.4, 0.5) is 0 Å². The highest BCUT2D eigenvalue weighted by Crippen LogP contribution is 2.38. The minimum atomic E-state index is -1.82. The molecule has 230 valence electrons. The normalized spacial score (nSPS) is 15.4. The molecule has 12 nitrogen and oxygen atoms in total. The molecule has 0 aliphatic carbocycles. The van der Waals surface area contributed by atoms with Crippen LogP contribution in [0.15, 0.2) is 48.9 Å². The number of carbonyl (C=O) groups excluding carboxylic acids is 5. The van der Waals surface area contributed by atoms with Crippen molar-refractivity contribution in [3.8, 4) is 0 Å². The summed E-state index contributed by atoms with van der Waals surface area (Å²) in [6, 6.07) is 8.35. The maximum absolute atomic E-state index is 13.9. The number of carbonyl (C=O) groups is 5. The topological polar surface area (TPSA) is 148 Å². The predicted molar refractivity (Wildman–Crippen MR) is 159 cm³/mol. The quantitative estimate of drug-likeness (QED) is 0.325. The van der Waals surface area contributed by atoms with Crippen LogP contribution in [0.2, 0.25) is 5.82 Å². The number of benzene rings is 1. The standard InChI is InChI=1S/C30H40BN5O7/c1-20(2)14-22(31-42-29(41)30(43-31,17-26(38)35(3)4)18-27(39)36(5)6)16-25(37)23(15-21-10-8-7-9-11-21)34-28(40)24-19-32-12-13-33-24/h7-13,19-20,22-23H,14-18H2,1-6H3,(H,34,40)/t22-,23+/m1/s1. The maximum Gasteiger partial charge on any atom is 0.531 e. The summed E-state index contributed by atoms with van der Waals surface area (Å²) in [6.45, 7) is 3.92. The van der Waals surface area contributed by atoms with Crippen molar-refractivity contribution in [3.05, 3.63) is 60.2 Å². The lowest BCUT2D eigenvalue weighted by atomic mass is 9.65. The highest BCUT2D eigenvalue weighted by atomic mass is 16.7. The molecule has 3 amide bonds. The molecule has 1 aromatic heterocycles. The van der Waals surface area contributed by atoms with Gasteiger partial charge in [0.05, 0.1) is 25.1 Å². The van der Waals surface area contributed by atoms with Gasteiger partial charge in [0.2, 0.25) is 11.8 Å². The Hall–Kier alpha value is -4.13. The third kappa shape index (κ3) is 9.18. The summed E-state index contributed by atoms with van der Waals surface area (Å²) in [6.07, 6.45) is 3.96. The summed E-state index contributed by atoms with van der Waals surface area (Å²) in [5.41, 5.74) is -0.913. The molecule has 2 atom stereocenters. The molecule has 1 N–H and O–H groups in total. The molecule has 0 spiro atoms. The van der Waals surface area contributed by atoms with Gasteiger partial charge in [-0.2, -0.15) is 0 Å². The van der Waals surface area contributed by atoms with Crippen LogP contribution in [0.5, 0.6) is 0 Å². The number of ketones is 1. The molecule has 0 radical (unpaired) electrons. The van der Waals surface area contributed by atoms with Gasteiger partial charge in [-0.1, -0.05) is 44.2 Å². The summed E-state index contributed by atoms with van der Waals surface area (Å²) in [4.78, 5) is 76.2. The lowest BCUT2D eigenvalue weighted by molar-refractivity contribution is -0.153. The zero-order valence-corrected chi connectivity index (χ0v) is 25.6. The Labute approximate surface area is 252 Å². The number of nitrogens with zero attached hydrogens (tertiary/aromatic N) is 4. The molecule has 0 bridgehead atoms. The van der Waals surface area contributed by atoms with Crippen molar-refractivity contribution in [2.45, 2.75) is 63.4 Å². The molecule has 2 heterocycles. The van der Waals surface area contributed by atoms with E-state index < -0.39 is 48.3 Å². The van der Waals surface area contributed by atoms with Gasteiger partial charge >= 0.3 is 13.1 Å². The van der Waals surface area contributed by atoms with Crippen molar-refractivity contribution in [2.75, 3.05) is 28.2 Å². The first kappa shape index (κ1) is 33.4. The van der Waals surface area contributed by atoms with Gasteiger partial charge in [-0.05, 0) is 24.3 Å². The number of hydrogen-bond acceptors (Lipinski definition) is 9. The second kappa shape index (κ2) is 14.9. The van der Waals surface area contributed by atoms with Crippen LogP contribution in [0.3, 0.4) is 0 Å². The first-order valence-electron chi connectivity index (χ1n) is 14.2. The third-order valence-corrected chi connectivity index (χ3v) is 7.20. The van der Waals surface area contributed by atoms with Crippen molar-refractivity contribution < 1.29 is 33.3 Å². The van der Waals surface area contributed by atoms with Gasteiger partial charge in [-0.15, -0.1) is 0 Å². The molecule has 1 fully saturated rings. The Morgan fingerprint density at radius 1 is 0.977 bits per heavy atom. The first-order chi connectivity index (χ1) is 20.3. The Balaban J connectivity index is 1.88. The highest BCUT2D eigenvalue weighted by molar-refractivity contribution is 6.51. The van der Waals surface area contributed by atoms with E-state index in [0.717, 1.165) is 5.56 Å². The Kier molecular flexibility index (Phi) is 11.5. The van der Waals surface area contributed by atoms with Crippen molar-refractivity contribution in [1.29, 1.82) is 0 Å². The van der Waals surface area contributed by atoms with Crippen LogP contribution in [-0.4, -0.2) is 96.2 Å². The van der Waals surface area contributed by atoms with Crippen LogP contribution in [0.25, 0.3) is 0 Å². The van der Waals surface area contributed by atoms with Gasteiger partial charge in [0.15, 0.2) is 11.4 Å². The van der Waals surface area contributed by atoms with Crippen LogP contribution < -0.4 is 5.32 Å². The van der Waals surface area contributed by atoms with Crippen molar-refractivity contribution in [1.82, 2.24) is 25.1 Å². The number of aromatic nitrogens is 2. The fraction of sp³-hybridized carbons (Fsp3) is 0.500. The molecule has 43 heavy (non-hydrogen) atoms. The van der Waals surface area contributed by atoms with E-state index in [2.05, 4.69) is 15.3 Å². The van der Waals surface area contributed by atoms with Gasteiger partial charge in [0.25, 0.3) is 5.91 Å². The van der Waals surface area contributed by atoms with Crippen molar-refractivity contribution in [2.24, 2.45) is 5.92 Å². The lowest BCUT2D eigenvalue weighted by Crippen LogP contribution is -2.46. The second-order valence-electron chi connectivity index (χ2n) is 11.7. The number of hydrogen-bond donors (Lipinski definition) is 1. The van der Waals surface area contributed by atoms with Gasteiger partial charge in [0.1, 0.15) is 5.69 Å². The zero-order chi connectivity index (χ0) is 31.7. The summed E-state index contributed by atoms with van der Waals surface area (Å²) in [5.74, 6) is -2.99. The summed E-state index contributed by atoms with van der Waals surface area (Å²) in [5, 5.41) is 2.79. The SMILES string of the molecule is CC(C)C[C@H](CC(=O)[C@H](Cc1ccccc1)NC(=O)c1cnccn1)B1OC(=O)C(CC(=O)N(C)C)(CC(=O)N(C)C)O1. The smallest absolute Gasteiger partial charge is 0.507 e. The maximum atomic E-state index is 13.9. The summed E-state index contributed by atoms with van der Waals surface area (Å²) in [7, 11) is 5.01. The Morgan fingerprint density at radius 3 is 2.14 bits per heavy atom. The fourth-order valence-electron chi connectivity index (χ4n) is 4.84. The predicted octanol–water partition coefficient (Wildman–Crippen LogP) is 1.95. The number of rotatable bonds is 14. The van der Waals surface area contributed by atoms with Crippen LogP contribution >= 0.6 is 0 Å². The zero-order valence-electron chi connectivity index (χ0n) is 25.6. The molecule has 3 rings (SSSR count). The molecule has 1 aliphatic rings. The average Bonchev–Trinajstić information content (AvgIpc) is 3.27. The Morgan fingerprint density at radius 2 is 1.60 bits per heavy atom. The van der Waals surface area contributed by atoms with Crippen LogP contribution in [-0.2, 0) is 34.9 Å². The number of amides is 3. The van der Waals surface area contributed by atoms with Gasteiger partial charge < -0.3 is 24.4 Å². The van der Waals surface area contributed by atoms with E-state index in [-0.39, 0.29) is 43.1 Å². The molecule has 0 saturated carbocycles. The van der Waals surface area contributed by atoms with E-state index >= 15 is 0 Å². The van der Waals surface area contributed by atoms with E-state index in [0.29, 0.717) is 6.42 Å². The first-order valence-corrected chi connectivity index (χ1v) is 14.2. The monoisotopic (exact) mass is 593 g/mol. The van der Waals surface area contributed by atoms with Gasteiger partial charge in [-0.25, -0.2) is 4.98 Å². The molecule has 0 unspecified atom stereocenters. The van der Waals surface area contributed by atoms with Crippen LogP contribution in [0, 0.1) is 5.92 Å². The number of Topliss-reactive ketones (excluding diaryl/α,β-unsaturated/α-hetero) is 1. The second-order valence-corrected chi connectivity index (χ2v) is 11.7. The molecule has 13 heteroatoms. The number of nitrogens with one attached hydrogen (secondary N) is 1.